The number of carbonyl (C=O) groups is 2. The molecule has 2 aliphatic heterocycles. The van der Waals surface area contributed by atoms with Gasteiger partial charge in [-0.15, -0.1) is 0 Å². The van der Waals surface area contributed by atoms with Crippen molar-refractivity contribution in [3.05, 3.63) is 93.9 Å². The van der Waals surface area contributed by atoms with E-state index in [1.54, 1.807) is 11.0 Å². The van der Waals surface area contributed by atoms with E-state index in [-0.39, 0.29) is 24.4 Å². The summed E-state index contributed by atoms with van der Waals surface area (Å²) in [5.41, 5.74) is 4.03. The Bertz CT molecular complexity index is 1340. The van der Waals surface area contributed by atoms with Crippen LogP contribution in [0.3, 0.4) is 0 Å². The van der Waals surface area contributed by atoms with Gasteiger partial charge in [-0.25, -0.2) is 0 Å². The maximum absolute atomic E-state index is 13.6. The third kappa shape index (κ3) is 5.15. The highest BCUT2D eigenvalue weighted by atomic mass is 35.5. The minimum absolute atomic E-state index is 0.0143. The Labute approximate surface area is 221 Å². The number of hydrogen-bond donors (Lipinski definition) is 0. The summed E-state index contributed by atoms with van der Waals surface area (Å²) in [7, 11) is 0. The van der Waals surface area contributed by atoms with Crippen LogP contribution in [0.4, 0.5) is 11.4 Å². The van der Waals surface area contributed by atoms with E-state index in [9.17, 15) is 9.59 Å². The molecule has 2 aliphatic rings. The van der Waals surface area contributed by atoms with Crippen molar-refractivity contribution in [2.45, 2.75) is 24.8 Å². The fourth-order valence-corrected chi connectivity index (χ4v) is 6.03. The number of halogens is 1. The quantitative estimate of drug-likeness (QED) is 0.406. The minimum Gasteiger partial charge on any atom is -0.365 e. The molecule has 0 N–H and O–H groups in total. The molecule has 0 aromatic heterocycles. The van der Waals surface area contributed by atoms with Gasteiger partial charge in [0.25, 0.3) is 5.91 Å². The molecule has 5 rings (SSSR count). The van der Waals surface area contributed by atoms with Gasteiger partial charge >= 0.3 is 0 Å². The monoisotopic (exact) mass is 517 g/mol. The molecule has 1 fully saturated rings. The number of amides is 2. The fraction of sp³-hybridized carbons (Fsp3) is 0.241. The summed E-state index contributed by atoms with van der Waals surface area (Å²) in [6.07, 6.45) is 1.84. The van der Waals surface area contributed by atoms with Gasteiger partial charge in [-0.2, -0.15) is 0 Å². The smallest absolute Gasteiger partial charge is 0.265 e. The van der Waals surface area contributed by atoms with Crippen LogP contribution in [0.15, 0.2) is 82.6 Å². The predicted molar refractivity (Wildman–Crippen MR) is 149 cm³/mol. The Morgan fingerprint density at radius 2 is 1.86 bits per heavy atom. The lowest BCUT2D eigenvalue weighted by Crippen LogP contribution is -2.56. The van der Waals surface area contributed by atoms with Gasteiger partial charge in [0.1, 0.15) is 6.54 Å². The van der Waals surface area contributed by atoms with Gasteiger partial charge in [-0.05, 0) is 67.4 Å². The summed E-state index contributed by atoms with van der Waals surface area (Å²) in [6, 6.07) is 23.8. The molecule has 2 amide bonds. The maximum Gasteiger partial charge on any atom is 0.265 e. The average Bonchev–Trinajstić information content (AvgIpc) is 2.86. The first-order chi connectivity index (χ1) is 17.4. The van der Waals surface area contributed by atoms with Crippen LogP contribution in [-0.2, 0) is 9.59 Å². The molecule has 2 heterocycles. The standard InChI is InChI=1S/C29H28ClN3O2S/c1-20-7-5-10-24(15-20)32-14-13-31(18-21(32)2)28(34)19-33-25-11-3-4-12-26(25)36-27(29(33)35)17-22-8-6-9-23(30)16-22/h3-12,15-17,21H,13-14,18-19H2,1-2H3/b27-17-/t21-/m1/s1. The van der Waals surface area contributed by atoms with Crippen LogP contribution in [0.25, 0.3) is 6.08 Å². The summed E-state index contributed by atoms with van der Waals surface area (Å²) in [5.74, 6) is -0.207. The number of piperazine rings is 1. The molecule has 1 atom stereocenters. The van der Waals surface area contributed by atoms with Gasteiger partial charge < -0.3 is 9.80 Å². The van der Waals surface area contributed by atoms with E-state index in [0.717, 1.165) is 22.7 Å². The Kier molecular flexibility index (Phi) is 7.08. The van der Waals surface area contributed by atoms with Gasteiger partial charge in [0, 0.05) is 41.3 Å². The lowest BCUT2D eigenvalue weighted by Gasteiger charge is -2.42. The summed E-state index contributed by atoms with van der Waals surface area (Å²) in [5, 5.41) is 0.615. The number of thioether (sulfide) groups is 1. The molecule has 5 nitrogen and oxygen atoms in total. The second-order valence-corrected chi connectivity index (χ2v) is 10.8. The number of para-hydroxylation sites is 1. The zero-order valence-electron chi connectivity index (χ0n) is 20.4. The number of aryl methyl sites for hydroxylation is 1. The van der Waals surface area contributed by atoms with E-state index in [2.05, 4.69) is 43.0 Å². The first kappa shape index (κ1) is 24.5. The number of benzene rings is 3. The molecule has 3 aromatic rings. The summed E-state index contributed by atoms with van der Waals surface area (Å²) in [6.45, 7) is 6.26. The molecule has 36 heavy (non-hydrogen) atoms. The predicted octanol–water partition coefficient (Wildman–Crippen LogP) is 5.87. The third-order valence-corrected chi connectivity index (χ3v) is 7.90. The molecule has 3 aromatic carbocycles. The second kappa shape index (κ2) is 10.4. The molecule has 0 spiro atoms. The summed E-state index contributed by atoms with van der Waals surface area (Å²) >= 11 is 7.57. The lowest BCUT2D eigenvalue weighted by molar-refractivity contribution is -0.131. The van der Waals surface area contributed by atoms with Gasteiger partial charge in [0.15, 0.2) is 0 Å². The molecule has 1 saturated heterocycles. The highest BCUT2D eigenvalue weighted by Gasteiger charge is 2.33. The van der Waals surface area contributed by atoms with Gasteiger partial charge in [0.2, 0.25) is 5.91 Å². The number of nitrogens with zero attached hydrogens (tertiary/aromatic N) is 3. The number of hydrogen-bond acceptors (Lipinski definition) is 4. The Balaban J connectivity index is 1.34. The van der Waals surface area contributed by atoms with Crippen LogP contribution < -0.4 is 9.80 Å². The van der Waals surface area contributed by atoms with E-state index in [4.69, 9.17) is 11.6 Å². The summed E-state index contributed by atoms with van der Waals surface area (Å²) in [4.78, 5) is 34.4. The first-order valence-electron chi connectivity index (χ1n) is 12.1. The highest BCUT2D eigenvalue weighted by Crippen LogP contribution is 2.42. The third-order valence-electron chi connectivity index (χ3n) is 6.59. The van der Waals surface area contributed by atoms with Crippen LogP contribution in [0, 0.1) is 6.92 Å². The van der Waals surface area contributed by atoms with Crippen molar-refractivity contribution in [3.8, 4) is 0 Å². The second-order valence-electron chi connectivity index (χ2n) is 9.25. The van der Waals surface area contributed by atoms with Crippen LogP contribution >= 0.6 is 23.4 Å². The van der Waals surface area contributed by atoms with Crippen LogP contribution in [0.2, 0.25) is 5.02 Å². The molecular weight excluding hydrogens is 490 g/mol. The molecule has 0 radical (unpaired) electrons. The topological polar surface area (TPSA) is 43.9 Å². The fourth-order valence-electron chi connectivity index (χ4n) is 4.78. The normalized spacial score (nSPS) is 19.0. The molecule has 0 bridgehead atoms. The number of fused-ring (bicyclic) bond motifs is 1. The molecule has 0 unspecified atom stereocenters. The zero-order chi connectivity index (χ0) is 25.2. The van der Waals surface area contributed by atoms with Crippen molar-refractivity contribution >= 4 is 52.6 Å². The van der Waals surface area contributed by atoms with Crippen LogP contribution in [0.1, 0.15) is 18.1 Å². The minimum atomic E-state index is -0.168. The van der Waals surface area contributed by atoms with Gasteiger partial charge in [-0.1, -0.05) is 59.8 Å². The maximum atomic E-state index is 13.6. The largest absolute Gasteiger partial charge is 0.365 e. The molecule has 184 valence electrons. The van der Waals surface area contributed by atoms with Crippen molar-refractivity contribution in [3.63, 3.8) is 0 Å². The van der Waals surface area contributed by atoms with Crippen molar-refractivity contribution in [2.24, 2.45) is 0 Å². The molecule has 0 aliphatic carbocycles. The van der Waals surface area contributed by atoms with Crippen LogP contribution in [0.5, 0.6) is 0 Å². The number of anilines is 2. The van der Waals surface area contributed by atoms with Crippen molar-refractivity contribution in [1.29, 1.82) is 0 Å². The molecule has 7 heteroatoms. The molecular formula is C29H28ClN3O2S. The van der Waals surface area contributed by atoms with E-state index < -0.39 is 0 Å². The van der Waals surface area contributed by atoms with Gasteiger partial charge in [0.05, 0.1) is 10.6 Å². The highest BCUT2D eigenvalue weighted by molar-refractivity contribution is 8.04. The summed E-state index contributed by atoms with van der Waals surface area (Å²) < 4.78 is 0. The van der Waals surface area contributed by atoms with E-state index in [1.165, 1.54) is 23.0 Å². The number of carbonyl (C=O) groups excluding carboxylic acids is 2. The number of rotatable bonds is 4. The van der Waals surface area contributed by atoms with Crippen molar-refractivity contribution in [2.75, 3.05) is 36.0 Å². The van der Waals surface area contributed by atoms with Crippen molar-refractivity contribution < 1.29 is 9.59 Å². The Hall–Kier alpha value is -3.22. The van der Waals surface area contributed by atoms with Gasteiger partial charge in [-0.3, -0.25) is 14.5 Å². The van der Waals surface area contributed by atoms with E-state index in [0.29, 0.717) is 23.0 Å². The SMILES string of the molecule is Cc1cccc(N2CCN(C(=O)CN3C(=O)/C(=C/c4cccc(Cl)c4)Sc4ccccc43)C[C@H]2C)c1. The lowest BCUT2D eigenvalue weighted by atomic mass is 10.1. The molecule has 0 saturated carbocycles. The van der Waals surface area contributed by atoms with Crippen LogP contribution in [-0.4, -0.2) is 48.9 Å². The zero-order valence-corrected chi connectivity index (χ0v) is 21.9. The Morgan fingerprint density at radius 3 is 2.64 bits per heavy atom. The average molecular weight is 518 g/mol. The van der Waals surface area contributed by atoms with Crippen molar-refractivity contribution in [1.82, 2.24) is 4.90 Å². The Morgan fingerprint density at radius 1 is 1.06 bits per heavy atom. The van der Waals surface area contributed by atoms with E-state index >= 15 is 0 Å². The van der Waals surface area contributed by atoms with E-state index in [1.807, 2.05) is 53.4 Å². The first-order valence-corrected chi connectivity index (χ1v) is 13.3.